The fraction of sp³-hybridized carbons (Fsp3) is 0.133. The Morgan fingerprint density at radius 2 is 1.68 bits per heavy atom. The Hall–Kier alpha value is -2.70. The molecule has 116 valence electrons. The van der Waals surface area contributed by atoms with Gasteiger partial charge in [-0.25, -0.2) is 4.79 Å². The first-order valence-corrected chi connectivity index (χ1v) is 6.23. The average molecular weight is 310 g/mol. The van der Waals surface area contributed by atoms with Gasteiger partial charge in [-0.3, -0.25) is 0 Å². The number of esters is 1. The highest BCUT2D eigenvalue weighted by atomic mass is 19.4. The number of hydrogen-bond donors (Lipinski definition) is 2. The first kappa shape index (κ1) is 15.7. The van der Waals surface area contributed by atoms with Crippen LogP contribution in [0.3, 0.4) is 0 Å². The van der Waals surface area contributed by atoms with Crippen LogP contribution in [0, 0.1) is 6.92 Å². The molecule has 2 rings (SSSR count). The molecule has 0 amide bonds. The minimum Gasteiger partial charge on any atom is -0.423 e. The molecule has 0 aliphatic rings. The van der Waals surface area contributed by atoms with Gasteiger partial charge in [0.05, 0.1) is 11.1 Å². The average Bonchev–Trinajstić information content (AvgIpc) is 2.42. The number of aryl methyl sites for hydroxylation is 1. The summed E-state index contributed by atoms with van der Waals surface area (Å²) in [5.41, 5.74) is 10.8. The smallest absolute Gasteiger partial charge is 0.418 e. The van der Waals surface area contributed by atoms with Gasteiger partial charge in [0, 0.05) is 11.4 Å². The first-order valence-electron chi connectivity index (χ1n) is 6.23. The highest BCUT2D eigenvalue weighted by Crippen LogP contribution is 2.35. The van der Waals surface area contributed by atoms with Gasteiger partial charge in [0.15, 0.2) is 0 Å². The van der Waals surface area contributed by atoms with Gasteiger partial charge in [-0.1, -0.05) is 0 Å². The maximum absolute atomic E-state index is 12.8. The highest BCUT2D eigenvalue weighted by Gasteiger charge is 2.33. The molecule has 22 heavy (non-hydrogen) atoms. The molecule has 0 radical (unpaired) electrons. The summed E-state index contributed by atoms with van der Waals surface area (Å²) in [4.78, 5) is 11.9. The predicted octanol–water partition coefficient (Wildman–Crippen LogP) is 3.40. The van der Waals surface area contributed by atoms with Crippen molar-refractivity contribution in [2.24, 2.45) is 0 Å². The van der Waals surface area contributed by atoms with Crippen LogP contribution in [-0.2, 0) is 6.18 Å². The first-order chi connectivity index (χ1) is 10.2. The maximum atomic E-state index is 12.8. The van der Waals surface area contributed by atoms with Crippen molar-refractivity contribution in [3.05, 3.63) is 53.1 Å². The van der Waals surface area contributed by atoms with Crippen molar-refractivity contribution in [3.63, 3.8) is 0 Å². The van der Waals surface area contributed by atoms with Crippen LogP contribution in [0.25, 0.3) is 0 Å². The SMILES string of the molecule is Cc1cc(C(=O)Oc2ccc(N)c(C(F)(F)F)c2)ccc1N. The van der Waals surface area contributed by atoms with Crippen LogP contribution in [0.5, 0.6) is 5.75 Å². The molecule has 2 aromatic carbocycles. The van der Waals surface area contributed by atoms with E-state index >= 15 is 0 Å². The quantitative estimate of drug-likeness (QED) is 0.506. The number of ether oxygens (including phenoxy) is 1. The molecule has 0 heterocycles. The van der Waals surface area contributed by atoms with Crippen molar-refractivity contribution in [2.75, 3.05) is 11.5 Å². The highest BCUT2D eigenvalue weighted by molar-refractivity contribution is 5.91. The molecule has 0 aromatic heterocycles. The van der Waals surface area contributed by atoms with Gasteiger partial charge in [-0.2, -0.15) is 13.2 Å². The number of carbonyl (C=O) groups is 1. The van der Waals surface area contributed by atoms with E-state index in [1.165, 1.54) is 24.3 Å². The Labute approximate surface area is 124 Å². The lowest BCUT2D eigenvalue weighted by Crippen LogP contribution is -2.12. The number of carbonyl (C=O) groups excluding carboxylic acids is 1. The van der Waals surface area contributed by atoms with Crippen LogP contribution >= 0.6 is 0 Å². The number of benzene rings is 2. The second kappa shape index (κ2) is 5.59. The van der Waals surface area contributed by atoms with Crippen LogP contribution < -0.4 is 16.2 Å². The zero-order chi connectivity index (χ0) is 16.5. The Balaban J connectivity index is 2.27. The van der Waals surface area contributed by atoms with Gasteiger partial charge >= 0.3 is 12.1 Å². The van der Waals surface area contributed by atoms with Crippen LogP contribution in [0.4, 0.5) is 24.5 Å². The van der Waals surface area contributed by atoms with Crippen LogP contribution in [0.15, 0.2) is 36.4 Å². The number of hydrogen-bond acceptors (Lipinski definition) is 4. The van der Waals surface area contributed by atoms with Crippen molar-refractivity contribution >= 4 is 17.3 Å². The topological polar surface area (TPSA) is 78.3 Å². The molecule has 0 saturated carbocycles. The van der Waals surface area contributed by atoms with Gasteiger partial charge < -0.3 is 16.2 Å². The van der Waals surface area contributed by atoms with E-state index in [-0.39, 0.29) is 11.3 Å². The molecule has 0 aliphatic heterocycles. The van der Waals surface area contributed by atoms with Crippen molar-refractivity contribution in [1.82, 2.24) is 0 Å². The molecule has 7 heteroatoms. The number of halogens is 3. The molecule has 4 nitrogen and oxygen atoms in total. The fourth-order valence-corrected chi connectivity index (χ4v) is 1.81. The number of anilines is 2. The van der Waals surface area contributed by atoms with Crippen LogP contribution in [0.2, 0.25) is 0 Å². The van der Waals surface area contributed by atoms with Gasteiger partial charge in [0.1, 0.15) is 5.75 Å². The van der Waals surface area contributed by atoms with E-state index in [4.69, 9.17) is 16.2 Å². The molecule has 0 aliphatic carbocycles. The number of alkyl halides is 3. The monoisotopic (exact) mass is 310 g/mol. The summed E-state index contributed by atoms with van der Waals surface area (Å²) in [5.74, 6) is -1.01. The molecule has 0 unspecified atom stereocenters. The van der Waals surface area contributed by atoms with Crippen molar-refractivity contribution < 1.29 is 22.7 Å². The Morgan fingerprint density at radius 1 is 1.05 bits per heavy atom. The van der Waals surface area contributed by atoms with Gasteiger partial charge in [0.25, 0.3) is 0 Å². The minimum absolute atomic E-state index is 0.192. The van der Waals surface area contributed by atoms with E-state index in [9.17, 15) is 18.0 Å². The Morgan fingerprint density at radius 3 is 2.27 bits per heavy atom. The van der Waals surface area contributed by atoms with E-state index in [1.54, 1.807) is 6.92 Å². The molecule has 0 fully saturated rings. The third kappa shape index (κ3) is 3.30. The van der Waals surface area contributed by atoms with Crippen molar-refractivity contribution in [3.8, 4) is 5.75 Å². The molecular weight excluding hydrogens is 297 g/mol. The lowest BCUT2D eigenvalue weighted by Gasteiger charge is -2.12. The summed E-state index contributed by atoms with van der Waals surface area (Å²) < 4.78 is 43.2. The summed E-state index contributed by atoms with van der Waals surface area (Å²) in [7, 11) is 0. The number of rotatable bonds is 2. The van der Waals surface area contributed by atoms with E-state index in [2.05, 4.69) is 0 Å². The van der Waals surface area contributed by atoms with Gasteiger partial charge in [0.2, 0.25) is 0 Å². The second-order valence-electron chi connectivity index (χ2n) is 4.71. The molecule has 0 atom stereocenters. The zero-order valence-corrected chi connectivity index (χ0v) is 11.6. The molecule has 2 aromatic rings. The maximum Gasteiger partial charge on any atom is 0.418 e. The summed E-state index contributed by atoms with van der Waals surface area (Å²) in [6.07, 6.45) is -4.62. The van der Waals surface area contributed by atoms with Gasteiger partial charge in [-0.15, -0.1) is 0 Å². The Kier molecular flexibility index (Phi) is 3.99. The van der Waals surface area contributed by atoms with Crippen molar-refractivity contribution in [1.29, 1.82) is 0 Å². The minimum atomic E-state index is -4.62. The van der Waals surface area contributed by atoms with Crippen LogP contribution in [-0.4, -0.2) is 5.97 Å². The summed E-state index contributed by atoms with van der Waals surface area (Å²) in [5, 5.41) is 0. The fourth-order valence-electron chi connectivity index (χ4n) is 1.81. The molecule has 4 N–H and O–H groups in total. The third-order valence-electron chi connectivity index (χ3n) is 3.05. The molecular formula is C15H13F3N2O2. The van der Waals surface area contributed by atoms with Crippen molar-refractivity contribution in [2.45, 2.75) is 13.1 Å². The second-order valence-corrected chi connectivity index (χ2v) is 4.71. The van der Waals surface area contributed by atoms with E-state index in [0.717, 1.165) is 6.07 Å². The van der Waals surface area contributed by atoms with E-state index < -0.39 is 23.4 Å². The van der Waals surface area contributed by atoms with E-state index in [0.29, 0.717) is 17.3 Å². The summed E-state index contributed by atoms with van der Waals surface area (Å²) in [6, 6.07) is 7.39. The largest absolute Gasteiger partial charge is 0.423 e. The van der Waals surface area contributed by atoms with Crippen LogP contribution in [0.1, 0.15) is 21.5 Å². The lowest BCUT2D eigenvalue weighted by molar-refractivity contribution is -0.137. The van der Waals surface area contributed by atoms with E-state index in [1.807, 2.05) is 0 Å². The zero-order valence-electron chi connectivity index (χ0n) is 11.6. The summed E-state index contributed by atoms with van der Waals surface area (Å²) >= 11 is 0. The van der Waals surface area contributed by atoms with Gasteiger partial charge in [-0.05, 0) is 48.9 Å². The predicted molar refractivity (Wildman–Crippen MR) is 76.4 cm³/mol. The molecule has 0 saturated heterocycles. The normalized spacial score (nSPS) is 11.3. The molecule has 0 spiro atoms. The standard InChI is InChI=1S/C15H13F3N2O2/c1-8-6-9(2-4-12(8)19)14(21)22-10-3-5-13(20)11(7-10)15(16,17)18/h2-7H,19-20H2,1H3. The number of nitrogen functional groups attached to an aromatic ring is 2. The third-order valence-corrected chi connectivity index (χ3v) is 3.05. The summed E-state index contributed by atoms with van der Waals surface area (Å²) in [6.45, 7) is 1.71. The molecule has 0 bridgehead atoms. The number of nitrogens with two attached hydrogens (primary N) is 2. The lowest BCUT2D eigenvalue weighted by atomic mass is 10.1. The Bertz CT molecular complexity index is 727.